The third kappa shape index (κ3) is 5.91. The summed E-state index contributed by atoms with van der Waals surface area (Å²) in [5, 5.41) is 23.2. The second kappa shape index (κ2) is 10.9. The number of anilines is 1. The number of nitrogens with one attached hydrogen (secondary N) is 2. The van der Waals surface area contributed by atoms with Crippen molar-refractivity contribution in [3.05, 3.63) is 35.4 Å². The first-order chi connectivity index (χ1) is 16.0. The van der Waals surface area contributed by atoms with E-state index in [0.717, 1.165) is 23.4 Å². The van der Waals surface area contributed by atoms with Crippen LogP contribution in [0.5, 0.6) is 6.01 Å². The molecule has 0 spiro atoms. The number of H-pyrrole nitrogens is 1. The highest BCUT2D eigenvalue weighted by molar-refractivity contribution is 7.98. The van der Waals surface area contributed by atoms with Gasteiger partial charge >= 0.3 is 0 Å². The highest BCUT2D eigenvalue weighted by atomic mass is 35.5. The average molecular weight is 493 g/mol. The van der Waals surface area contributed by atoms with Crippen LogP contribution >= 0.6 is 23.4 Å². The first-order valence-corrected chi connectivity index (χ1v) is 12.7. The Kier molecular flexibility index (Phi) is 7.98. The number of hydrogen-bond acceptors (Lipinski definition) is 8. The number of halogens is 1. The zero-order valence-corrected chi connectivity index (χ0v) is 20.2. The molecule has 1 aliphatic rings. The maximum Gasteiger partial charge on any atom is 0.296 e. The van der Waals surface area contributed by atoms with E-state index in [4.69, 9.17) is 21.1 Å². The third-order valence-corrected chi connectivity index (χ3v) is 6.55. The van der Waals surface area contributed by atoms with Gasteiger partial charge in [-0.25, -0.2) is 4.98 Å². The predicted molar refractivity (Wildman–Crippen MR) is 132 cm³/mol. The molecule has 2 aromatic heterocycles. The number of aromatic amines is 1. The lowest BCUT2D eigenvalue weighted by atomic mass is 10.0. The second-order valence-electron chi connectivity index (χ2n) is 8.23. The van der Waals surface area contributed by atoms with Crippen LogP contribution in [0.2, 0.25) is 5.02 Å². The third-order valence-electron chi connectivity index (χ3n) is 5.62. The normalized spacial score (nSPS) is 21.8. The minimum Gasteiger partial charge on any atom is -0.459 e. The number of hydrogen-bond donors (Lipinski definition) is 4. The van der Waals surface area contributed by atoms with Crippen molar-refractivity contribution in [3.63, 3.8) is 0 Å². The summed E-state index contributed by atoms with van der Waals surface area (Å²) < 4.78 is 11.3. The molecule has 33 heavy (non-hydrogen) atoms. The summed E-state index contributed by atoms with van der Waals surface area (Å²) in [4.78, 5) is 12.1. The molecule has 4 rings (SSSR count). The Morgan fingerprint density at radius 2 is 2.12 bits per heavy atom. The van der Waals surface area contributed by atoms with Crippen LogP contribution in [0.3, 0.4) is 0 Å². The fraction of sp³-hybridized carbons (Fsp3) is 0.478. The van der Waals surface area contributed by atoms with Crippen molar-refractivity contribution in [3.8, 4) is 17.3 Å². The van der Waals surface area contributed by atoms with E-state index < -0.39 is 12.2 Å². The van der Waals surface area contributed by atoms with E-state index >= 15 is 0 Å². The largest absolute Gasteiger partial charge is 0.459 e. The molecule has 178 valence electrons. The van der Waals surface area contributed by atoms with Gasteiger partial charge in [-0.3, -0.25) is 0 Å². The van der Waals surface area contributed by atoms with E-state index in [9.17, 15) is 10.2 Å². The molecular formula is C23H29ClN4O4S. The molecule has 0 saturated carbocycles. The molecule has 0 aliphatic carbocycles. The maximum absolute atomic E-state index is 10.0. The fourth-order valence-electron chi connectivity index (χ4n) is 3.78. The van der Waals surface area contributed by atoms with Crippen molar-refractivity contribution in [2.24, 2.45) is 0 Å². The van der Waals surface area contributed by atoms with Crippen LogP contribution in [0.1, 0.15) is 19.8 Å². The molecule has 10 heteroatoms. The number of pyridine rings is 1. The van der Waals surface area contributed by atoms with Gasteiger partial charge < -0.3 is 30.0 Å². The summed E-state index contributed by atoms with van der Waals surface area (Å²) in [6, 6.07) is 10.5. The molecule has 1 aromatic carbocycles. The van der Waals surface area contributed by atoms with E-state index in [-0.39, 0.29) is 25.3 Å². The highest BCUT2D eigenvalue weighted by Crippen LogP contribution is 2.31. The van der Waals surface area contributed by atoms with E-state index in [2.05, 4.69) is 33.4 Å². The van der Waals surface area contributed by atoms with Gasteiger partial charge in [0, 0.05) is 23.7 Å². The van der Waals surface area contributed by atoms with Crippen molar-refractivity contribution in [2.75, 3.05) is 30.5 Å². The Labute approximate surface area is 202 Å². The van der Waals surface area contributed by atoms with Crippen LogP contribution in [0.15, 0.2) is 30.3 Å². The number of aliphatic hydroxyl groups is 2. The molecule has 1 fully saturated rings. The first kappa shape index (κ1) is 24.1. The lowest BCUT2D eigenvalue weighted by Crippen LogP contribution is -2.45. The topological polar surface area (TPSA) is 113 Å². The molecule has 0 amide bonds. The Morgan fingerprint density at radius 3 is 2.82 bits per heavy atom. The molecule has 8 nitrogen and oxygen atoms in total. The van der Waals surface area contributed by atoms with Crippen LogP contribution in [0, 0.1) is 0 Å². The predicted octanol–water partition coefficient (Wildman–Crippen LogP) is 3.72. The van der Waals surface area contributed by atoms with Gasteiger partial charge in [0.2, 0.25) is 0 Å². The fourth-order valence-corrected chi connectivity index (χ4v) is 4.62. The Morgan fingerprint density at radius 1 is 1.33 bits per heavy atom. The van der Waals surface area contributed by atoms with Crippen LogP contribution in [0.25, 0.3) is 22.4 Å². The molecule has 0 bridgehead atoms. The lowest BCUT2D eigenvalue weighted by Gasteiger charge is -2.31. The Balaban J connectivity index is 1.46. The smallest absolute Gasteiger partial charge is 0.296 e. The number of fused-ring (bicyclic) bond motifs is 1. The highest BCUT2D eigenvalue weighted by Gasteiger charge is 2.31. The number of nitrogens with zero attached hydrogens (tertiary/aromatic N) is 2. The van der Waals surface area contributed by atoms with Crippen LogP contribution in [-0.2, 0) is 4.74 Å². The van der Waals surface area contributed by atoms with Crippen LogP contribution in [0.4, 0.5) is 5.69 Å². The minimum absolute atomic E-state index is 0.224. The molecular weight excluding hydrogens is 464 g/mol. The number of benzene rings is 1. The zero-order chi connectivity index (χ0) is 23.4. The van der Waals surface area contributed by atoms with Gasteiger partial charge in [0.1, 0.15) is 12.2 Å². The van der Waals surface area contributed by atoms with Crippen molar-refractivity contribution < 1.29 is 19.7 Å². The molecule has 1 aliphatic heterocycles. The SMILES string of the molecule is CSCCC(C)Nc1ccc(-c2nc3nc(OC4COC(CO)C(O)C4)[nH]c3cc2Cl)cc1. The van der Waals surface area contributed by atoms with E-state index in [1.807, 2.05) is 36.0 Å². The quantitative estimate of drug-likeness (QED) is 0.357. The number of rotatable bonds is 9. The van der Waals surface area contributed by atoms with Gasteiger partial charge in [-0.1, -0.05) is 23.7 Å². The first-order valence-electron chi connectivity index (χ1n) is 11.0. The number of ether oxygens (including phenoxy) is 2. The molecule has 3 heterocycles. The van der Waals surface area contributed by atoms with Gasteiger partial charge in [-0.05, 0) is 43.6 Å². The van der Waals surface area contributed by atoms with E-state index in [0.29, 0.717) is 34.3 Å². The van der Waals surface area contributed by atoms with Crippen molar-refractivity contribution in [1.29, 1.82) is 0 Å². The van der Waals surface area contributed by atoms with Gasteiger partial charge in [0.15, 0.2) is 5.65 Å². The van der Waals surface area contributed by atoms with Gasteiger partial charge in [0.05, 0.1) is 35.6 Å². The van der Waals surface area contributed by atoms with E-state index in [1.54, 1.807) is 6.07 Å². The standard InChI is InChI=1S/C23H29ClN4O4S/c1-13(7-8-33-2)25-15-5-3-14(4-6-15)21-17(24)10-18-22(27-21)28-23(26-18)32-16-9-19(30)20(11-29)31-12-16/h3-6,10,13,16,19-20,25,29-30H,7-9,11-12H2,1-2H3,(H,26,27,28). The lowest BCUT2D eigenvalue weighted by molar-refractivity contribution is -0.131. The molecule has 3 aromatic rings. The number of aromatic nitrogens is 3. The maximum atomic E-state index is 10.0. The molecule has 0 radical (unpaired) electrons. The summed E-state index contributed by atoms with van der Waals surface area (Å²) in [7, 11) is 0. The zero-order valence-electron chi connectivity index (χ0n) is 18.6. The number of thioether (sulfide) groups is 1. The number of imidazole rings is 1. The monoisotopic (exact) mass is 492 g/mol. The molecule has 4 unspecified atom stereocenters. The molecule has 4 atom stereocenters. The molecule has 4 N–H and O–H groups in total. The Hall–Kier alpha value is -2.04. The van der Waals surface area contributed by atoms with E-state index in [1.165, 1.54) is 0 Å². The van der Waals surface area contributed by atoms with Crippen molar-refractivity contribution in [1.82, 2.24) is 15.0 Å². The van der Waals surface area contributed by atoms with Gasteiger partial charge in [-0.15, -0.1) is 0 Å². The van der Waals surface area contributed by atoms with Crippen molar-refractivity contribution >= 4 is 40.2 Å². The number of aliphatic hydroxyl groups excluding tert-OH is 2. The summed E-state index contributed by atoms with van der Waals surface area (Å²) in [6.45, 7) is 2.21. The summed E-state index contributed by atoms with van der Waals surface area (Å²) >= 11 is 8.37. The minimum atomic E-state index is -0.789. The van der Waals surface area contributed by atoms with Crippen LogP contribution < -0.4 is 10.1 Å². The summed E-state index contributed by atoms with van der Waals surface area (Å²) in [6.07, 6.45) is 1.82. The van der Waals surface area contributed by atoms with Crippen LogP contribution in [-0.4, -0.2) is 74.7 Å². The summed E-state index contributed by atoms with van der Waals surface area (Å²) in [5.41, 5.74) is 3.74. The second-order valence-corrected chi connectivity index (χ2v) is 9.63. The summed E-state index contributed by atoms with van der Waals surface area (Å²) in [5.74, 6) is 1.12. The van der Waals surface area contributed by atoms with Gasteiger partial charge in [-0.2, -0.15) is 16.7 Å². The van der Waals surface area contributed by atoms with Gasteiger partial charge in [0.25, 0.3) is 6.01 Å². The Bertz CT molecular complexity index is 1060. The molecule has 1 saturated heterocycles. The van der Waals surface area contributed by atoms with Crippen molar-refractivity contribution in [2.45, 2.75) is 44.1 Å². The average Bonchev–Trinajstić information content (AvgIpc) is 3.18.